The van der Waals surface area contributed by atoms with E-state index in [2.05, 4.69) is 0 Å². The highest BCUT2D eigenvalue weighted by Crippen LogP contribution is 1.48. The number of halogens is 4. The first kappa shape index (κ1) is 29.2. The van der Waals surface area contributed by atoms with Crippen molar-refractivity contribution in [2.24, 2.45) is 0 Å². The molecule has 0 heterocycles. The van der Waals surface area contributed by atoms with E-state index in [0.29, 0.717) is 0 Å². The molecule has 0 aliphatic heterocycles. The van der Waals surface area contributed by atoms with Gasteiger partial charge in [0.05, 0.1) is 6.67 Å². The summed E-state index contributed by atoms with van der Waals surface area (Å²) in [7, 11) is 0. The Morgan fingerprint density at radius 3 is 1.17 bits per heavy atom. The van der Waals surface area contributed by atoms with Gasteiger partial charge in [-0.05, 0) is 6.92 Å². The van der Waals surface area contributed by atoms with Crippen LogP contribution in [0, 0.1) is 0 Å². The molecule has 0 aromatic heterocycles. The molecule has 0 bridgehead atoms. The van der Waals surface area contributed by atoms with Gasteiger partial charge in [-0.25, -0.2) is 0 Å². The molecule has 0 nitrogen and oxygen atoms in total. The van der Waals surface area contributed by atoms with E-state index in [9.17, 15) is 4.39 Å². The van der Waals surface area contributed by atoms with Crippen LogP contribution in [0.25, 0.3) is 0 Å². The fourth-order valence-corrected chi connectivity index (χ4v) is 0. The Morgan fingerprint density at radius 1 is 1.17 bits per heavy atom. The number of hydrogen-bond donors (Lipinski definition) is 0. The average molecular weight is 157 g/mol. The fourth-order valence-electron chi connectivity index (χ4n) is 0. The summed E-state index contributed by atoms with van der Waals surface area (Å²) in [6.45, 7) is 1.21. The van der Waals surface area contributed by atoms with Crippen molar-refractivity contribution in [1.29, 1.82) is 0 Å². The molecule has 0 amide bonds. The first-order valence-electron chi connectivity index (χ1n) is 0.974. The molecule has 0 saturated heterocycles. The molecule has 0 spiro atoms. The zero-order chi connectivity index (χ0) is 2.71. The van der Waals surface area contributed by atoms with Crippen molar-refractivity contribution >= 4 is 37.2 Å². The molecule has 0 fully saturated rings. The van der Waals surface area contributed by atoms with E-state index in [4.69, 9.17) is 0 Å². The maximum absolute atomic E-state index is 10.3. The minimum atomic E-state index is -0.250. The molecule has 0 aromatic rings. The molecule has 44 valence electrons. The van der Waals surface area contributed by atoms with Crippen LogP contribution in [0.15, 0.2) is 0 Å². The van der Waals surface area contributed by atoms with Crippen LogP contribution >= 0.6 is 37.2 Å². The molecule has 4 heteroatoms. The molecule has 0 aromatic carbocycles. The quantitative estimate of drug-likeness (QED) is 0.506. The van der Waals surface area contributed by atoms with Crippen molar-refractivity contribution in [3.63, 3.8) is 0 Å². The third kappa shape index (κ3) is 108. The Balaban J connectivity index is -0.00000000667. The van der Waals surface area contributed by atoms with Gasteiger partial charge >= 0.3 is 0 Å². The van der Waals surface area contributed by atoms with Gasteiger partial charge in [-0.1, -0.05) is 0 Å². The van der Waals surface area contributed by atoms with Crippen molar-refractivity contribution in [3.8, 4) is 0 Å². The molecule has 0 rings (SSSR count). The zero-order valence-electron chi connectivity index (χ0n) is 3.31. The van der Waals surface area contributed by atoms with E-state index in [-0.39, 0.29) is 43.9 Å². The standard InChI is InChI=1S/C2H5F.3ClH/c1-2-3;;;/h2H2,1H3;3*1H. The highest BCUT2D eigenvalue weighted by molar-refractivity contribution is 5.86. The van der Waals surface area contributed by atoms with E-state index < -0.39 is 0 Å². The Kier molecular flexibility index (Phi) is 201. The van der Waals surface area contributed by atoms with Crippen LogP contribution in [-0.2, 0) is 0 Å². The maximum Gasteiger partial charge on any atom is 0.0866 e. The summed E-state index contributed by atoms with van der Waals surface area (Å²) in [4.78, 5) is 0. The van der Waals surface area contributed by atoms with Crippen LogP contribution in [0.1, 0.15) is 6.92 Å². The fraction of sp³-hybridized carbons (Fsp3) is 1.00. The molecule has 6 heavy (non-hydrogen) atoms. The third-order valence-electron chi connectivity index (χ3n) is 0. The van der Waals surface area contributed by atoms with Crippen LogP contribution in [-0.4, -0.2) is 6.67 Å². The molecular weight excluding hydrogens is 149 g/mol. The van der Waals surface area contributed by atoms with E-state index in [1.165, 1.54) is 6.92 Å². The van der Waals surface area contributed by atoms with Crippen molar-refractivity contribution in [2.75, 3.05) is 6.67 Å². The molecule has 0 aliphatic rings. The van der Waals surface area contributed by atoms with Crippen molar-refractivity contribution in [3.05, 3.63) is 0 Å². The number of rotatable bonds is 0. The van der Waals surface area contributed by atoms with Gasteiger partial charge in [0, 0.05) is 0 Å². The molecule has 0 saturated carbocycles. The van der Waals surface area contributed by atoms with Gasteiger partial charge in [-0.15, -0.1) is 37.2 Å². The summed E-state index contributed by atoms with van der Waals surface area (Å²) in [5, 5.41) is 0. The first-order chi connectivity index (χ1) is 1.41. The van der Waals surface area contributed by atoms with Crippen molar-refractivity contribution in [2.45, 2.75) is 6.92 Å². The topological polar surface area (TPSA) is 0 Å². The zero-order valence-corrected chi connectivity index (χ0v) is 5.76. The minimum absolute atomic E-state index is 0. The normalized spacial score (nSPS) is 3.00. The van der Waals surface area contributed by atoms with Gasteiger partial charge in [0.25, 0.3) is 0 Å². The lowest BCUT2D eigenvalue weighted by atomic mass is 10.9. The van der Waals surface area contributed by atoms with Gasteiger partial charge in [0.2, 0.25) is 0 Å². The Hall–Kier alpha value is 0.800. The SMILES string of the molecule is CCF.Cl.Cl.Cl. The smallest absolute Gasteiger partial charge is 0.0866 e. The Bertz CT molecular complexity index is 8.75. The monoisotopic (exact) mass is 156 g/mol. The number of alkyl halides is 1. The van der Waals surface area contributed by atoms with E-state index in [0.717, 1.165) is 0 Å². The molecule has 0 unspecified atom stereocenters. The summed E-state index contributed by atoms with van der Waals surface area (Å²) in [5.41, 5.74) is 0. The molecule has 0 radical (unpaired) electrons. The molecular formula is C2H8Cl3F. The summed E-state index contributed by atoms with van der Waals surface area (Å²) in [6.07, 6.45) is 0. The van der Waals surface area contributed by atoms with Gasteiger partial charge < -0.3 is 0 Å². The van der Waals surface area contributed by atoms with Gasteiger partial charge in [-0.3, -0.25) is 4.39 Å². The Labute approximate surface area is 55.7 Å². The third-order valence-corrected chi connectivity index (χ3v) is 0. The second-order valence-corrected chi connectivity index (χ2v) is 0.267. The second-order valence-electron chi connectivity index (χ2n) is 0.267. The van der Waals surface area contributed by atoms with Gasteiger partial charge in [0.1, 0.15) is 0 Å². The van der Waals surface area contributed by atoms with Crippen LogP contribution in [0.4, 0.5) is 4.39 Å². The predicted molar refractivity (Wildman–Crippen MR) is 33.4 cm³/mol. The highest BCUT2D eigenvalue weighted by atomic mass is 35.5. The average Bonchev–Trinajstić information content (AvgIpc) is 0.918. The van der Waals surface area contributed by atoms with Crippen LogP contribution in [0.5, 0.6) is 0 Å². The van der Waals surface area contributed by atoms with Gasteiger partial charge in [-0.2, -0.15) is 0 Å². The predicted octanol–water partition coefficient (Wildman–Crippen LogP) is 2.24. The first-order valence-corrected chi connectivity index (χ1v) is 0.974. The van der Waals surface area contributed by atoms with E-state index in [1.54, 1.807) is 0 Å². The van der Waals surface area contributed by atoms with Crippen LogP contribution in [0.3, 0.4) is 0 Å². The van der Waals surface area contributed by atoms with E-state index >= 15 is 0 Å². The maximum atomic E-state index is 10.3. The number of hydrogen-bond acceptors (Lipinski definition) is 0. The lowest BCUT2D eigenvalue weighted by Crippen LogP contribution is -1.40. The summed E-state index contributed by atoms with van der Waals surface area (Å²) >= 11 is 0. The van der Waals surface area contributed by atoms with E-state index in [1.807, 2.05) is 0 Å². The largest absolute Gasteiger partial charge is 0.251 e. The van der Waals surface area contributed by atoms with Crippen LogP contribution < -0.4 is 0 Å². The summed E-state index contributed by atoms with van der Waals surface area (Å²) < 4.78 is 10.3. The highest BCUT2D eigenvalue weighted by Gasteiger charge is 1.39. The van der Waals surface area contributed by atoms with Gasteiger partial charge in [0.15, 0.2) is 0 Å². The van der Waals surface area contributed by atoms with Crippen molar-refractivity contribution < 1.29 is 4.39 Å². The summed E-state index contributed by atoms with van der Waals surface area (Å²) in [5.74, 6) is 0. The molecule has 0 atom stereocenters. The van der Waals surface area contributed by atoms with Crippen molar-refractivity contribution in [1.82, 2.24) is 0 Å². The lowest BCUT2D eigenvalue weighted by molar-refractivity contribution is 0.527. The molecule has 0 N–H and O–H groups in total. The Morgan fingerprint density at radius 2 is 1.17 bits per heavy atom. The lowest BCUT2D eigenvalue weighted by Gasteiger charge is -1.45. The summed E-state index contributed by atoms with van der Waals surface area (Å²) in [6, 6.07) is 0. The molecule has 0 aliphatic carbocycles. The second kappa shape index (κ2) is 41.2. The van der Waals surface area contributed by atoms with Crippen LogP contribution in [0.2, 0.25) is 0 Å². The minimum Gasteiger partial charge on any atom is -0.251 e.